The lowest BCUT2D eigenvalue weighted by Gasteiger charge is -2.20. The molecule has 0 bridgehead atoms. The van der Waals surface area contributed by atoms with Crippen LogP contribution in [-0.2, 0) is 11.3 Å². The first kappa shape index (κ1) is 20.1. The second-order valence-corrected chi connectivity index (χ2v) is 8.35. The van der Waals surface area contributed by atoms with Gasteiger partial charge in [-0.1, -0.05) is 24.3 Å². The van der Waals surface area contributed by atoms with E-state index in [4.69, 9.17) is 4.74 Å². The van der Waals surface area contributed by atoms with Crippen molar-refractivity contribution in [3.8, 4) is 10.6 Å². The van der Waals surface area contributed by atoms with Crippen molar-refractivity contribution in [2.75, 3.05) is 11.9 Å². The lowest BCUT2D eigenvalue weighted by atomic mass is 10.1. The van der Waals surface area contributed by atoms with Crippen LogP contribution in [0.15, 0.2) is 60.1 Å². The number of pyridine rings is 1. The van der Waals surface area contributed by atoms with E-state index in [1.165, 1.54) is 0 Å². The van der Waals surface area contributed by atoms with Gasteiger partial charge in [0.15, 0.2) is 6.23 Å². The summed E-state index contributed by atoms with van der Waals surface area (Å²) in [4.78, 5) is 10.3. The van der Waals surface area contributed by atoms with Gasteiger partial charge in [0.2, 0.25) is 5.95 Å². The smallest absolute Gasteiger partial charge is 0.206 e. The summed E-state index contributed by atoms with van der Waals surface area (Å²) < 4.78 is 7.49. The zero-order valence-electron chi connectivity index (χ0n) is 16.5. The average Bonchev–Trinajstić information content (AvgIpc) is 3.52. The quantitative estimate of drug-likeness (QED) is 0.366. The Kier molecular flexibility index (Phi) is 5.43. The lowest BCUT2D eigenvalue weighted by molar-refractivity contribution is -0.0499. The number of hydrogen-bond donors (Lipinski definition) is 4. The highest BCUT2D eigenvalue weighted by molar-refractivity contribution is 7.13. The molecule has 1 aromatic carbocycles. The lowest BCUT2D eigenvalue weighted by Crippen LogP contribution is -2.33. The van der Waals surface area contributed by atoms with Crippen LogP contribution in [0, 0.1) is 0 Å². The molecule has 0 radical (unpaired) electrons. The summed E-state index contributed by atoms with van der Waals surface area (Å²) in [5.41, 5.74) is 3.39. The number of hydrogen-bond acceptors (Lipinski definition) is 8. The van der Waals surface area contributed by atoms with Crippen molar-refractivity contribution in [2.24, 2.45) is 0 Å². The van der Waals surface area contributed by atoms with Crippen LogP contribution < -0.4 is 5.32 Å². The van der Waals surface area contributed by atoms with E-state index in [0.717, 1.165) is 27.2 Å². The summed E-state index contributed by atoms with van der Waals surface area (Å²) >= 11 is 1.65. The number of imidazole rings is 1. The van der Waals surface area contributed by atoms with E-state index >= 15 is 0 Å². The fourth-order valence-electron chi connectivity index (χ4n) is 3.80. The average molecular weight is 439 g/mol. The third-order valence-corrected chi connectivity index (χ3v) is 6.31. The highest BCUT2D eigenvalue weighted by Gasteiger charge is 2.44. The summed E-state index contributed by atoms with van der Waals surface area (Å²) in [6, 6.07) is 15.5. The van der Waals surface area contributed by atoms with E-state index in [9.17, 15) is 15.3 Å². The summed E-state index contributed by atoms with van der Waals surface area (Å²) in [6.07, 6.45) is -2.29. The van der Waals surface area contributed by atoms with Crippen LogP contribution in [0.1, 0.15) is 11.8 Å². The first-order valence-corrected chi connectivity index (χ1v) is 10.9. The molecular formula is C22H22N4O4S. The van der Waals surface area contributed by atoms with Crippen LogP contribution in [0.2, 0.25) is 0 Å². The number of fused-ring (bicyclic) bond motifs is 1. The van der Waals surface area contributed by atoms with Gasteiger partial charge in [-0.25, -0.2) is 4.98 Å². The first-order chi connectivity index (χ1) is 15.2. The Hall–Kier alpha value is -2.82. The topological polar surface area (TPSA) is 113 Å². The van der Waals surface area contributed by atoms with Crippen LogP contribution in [-0.4, -0.2) is 54.8 Å². The molecular weight excluding hydrogens is 416 g/mol. The Bertz CT molecular complexity index is 1160. The highest BCUT2D eigenvalue weighted by Crippen LogP contribution is 2.35. The van der Waals surface area contributed by atoms with Crippen molar-refractivity contribution in [3.63, 3.8) is 0 Å². The number of aliphatic hydroxyl groups excluding tert-OH is 3. The second kappa shape index (κ2) is 8.37. The van der Waals surface area contributed by atoms with Gasteiger partial charge in [0.25, 0.3) is 0 Å². The van der Waals surface area contributed by atoms with Gasteiger partial charge in [0.1, 0.15) is 18.3 Å². The van der Waals surface area contributed by atoms with Crippen molar-refractivity contribution >= 4 is 28.3 Å². The number of aromatic nitrogens is 3. The van der Waals surface area contributed by atoms with E-state index < -0.39 is 24.5 Å². The van der Waals surface area contributed by atoms with Crippen molar-refractivity contribution in [2.45, 2.75) is 31.1 Å². The van der Waals surface area contributed by atoms with E-state index in [-0.39, 0.29) is 6.61 Å². The normalized spacial score (nSPS) is 23.5. The van der Waals surface area contributed by atoms with Crippen molar-refractivity contribution in [1.82, 2.24) is 14.5 Å². The maximum atomic E-state index is 10.5. The fourth-order valence-corrected chi connectivity index (χ4v) is 4.50. The van der Waals surface area contributed by atoms with E-state index in [2.05, 4.69) is 15.3 Å². The molecule has 5 rings (SSSR count). The largest absolute Gasteiger partial charge is 0.394 e. The number of anilines is 1. The first-order valence-electron chi connectivity index (χ1n) is 9.98. The molecule has 3 aromatic heterocycles. The number of rotatable bonds is 6. The molecule has 1 fully saturated rings. The van der Waals surface area contributed by atoms with Crippen LogP contribution >= 0.6 is 11.3 Å². The van der Waals surface area contributed by atoms with Gasteiger partial charge >= 0.3 is 0 Å². The summed E-state index contributed by atoms with van der Waals surface area (Å²) in [6.45, 7) is 0.0855. The molecule has 160 valence electrons. The van der Waals surface area contributed by atoms with E-state index in [0.29, 0.717) is 12.5 Å². The Morgan fingerprint density at radius 1 is 1.06 bits per heavy atom. The molecule has 4 N–H and O–H groups in total. The molecule has 1 aliphatic heterocycles. The number of thiophene rings is 1. The van der Waals surface area contributed by atoms with Gasteiger partial charge in [-0.3, -0.25) is 9.55 Å². The monoisotopic (exact) mass is 438 g/mol. The standard InChI is InChI=1S/C22H22N4O4S/c27-12-17-19(28)20(29)21(30-17)26-16-5-2-1-4-14(16)25-22(26)24-11-13-7-8-15(23-10-13)18-6-3-9-31-18/h1-10,17,19-21,27-29H,11-12H2,(H,24,25)/t17-,19-,20-,21-/m1/s1. The molecule has 0 unspecified atom stereocenters. The van der Waals surface area contributed by atoms with Crippen molar-refractivity contribution < 1.29 is 20.1 Å². The molecule has 4 heterocycles. The molecule has 4 aromatic rings. The van der Waals surface area contributed by atoms with Crippen LogP contribution in [0.3, 0.4) is 0 Å². The van der Waals surface area contributed by atoms with Crippen molar-refractivity contribution in [1.29, 1.82) is 0 Å². The molecule has 0 aliphatic carbocycles. The number of aliphatic hydroxyl groups is 3. The Morgan fingerprint density at radius 2 is 1.94 bits per heavy atom. The number of nitrogens with zero attached hydrogens (tertiary/aromatic N) is 3. The Balaban J connectivity index is 1.42. The minimum absolute atomic E-state index is 0.383. The molecule has 4 atom stereocenters. The zero-order chi connectivity index (χ0) is 21.4. The molecule has 31 heavy (non-hydrogen) atoms. The Morgan fingerprint density at radius 3 is 2.65 bits per heavy atom. The van der Waals surface area contributed by atoms with Gasteiger partial charge in [-0.15, -0.1) is 11.3 Å². The summed E-state index contributed by atoms with van der Waals surface area (Å²) in [5.74, 6) is 0.498. The molecule has 0 amide bonds. The SMILES string of the molecule is OC[C@H]1O[C@@H](n2c(NCc3ccc(-c4cccs4)nc3)nc3ccccc32)[C@H](O)[C@@H]1O. The van der Waals surface area contributed by atoms with Gasteiger partial charge < -0.3 is 25.4 Å². The van der Waals surface area contributed by atoms with Gasteiger partial charge in [0, 0.05) is 12.7 Å². The second-order valence-electron chi connectivity index (χ2n) is 7.41. The van der Waals surface area contributed by atoms with Crippen LogP contribution in [0.25, 0.3) is 21.6 Å². The number of benzene rings is 1. The molecule has 0 spiro atoms. The Labute approximate surface area is 182 Å². The fraction of sp³-hybridized carbons (Fsp3) is 0.273. The predicted octanol–water partition coefficient (Wildman–Crippen LogP) is 2.38. The maximum absolute atomic E-state index is 10.5. The van der Waals surface area contributed by atoms with Gasteiger partial charge in [-0.05, 0) is 35.2 Å². The minimum atomic E-state index is -1.19. The number of para-hydroxylation sites is 2. The maximum Gasteiger partial charge on any atom is 0.206 e. The van der Waals surface area contributed by atoms with E-state index in [1.807, 2.05) is 60.1 Å². The molecule has 0 saturated carbocycles. The zero-order valence-corrected chi connectivity index (χ0v) is 17.3. The molecule has 1 aliphatic rings. The van der Waals surface area contributed by atoms with Crippen LogP contribution in [0.5, 0.6) is 0 Å². The highest BCUT2D eigenvalue weighted by atomic mass is 32.1. The molecule has 8 nitrogen and oxygen atoms in total. The molecule has 9 heteroatoms. The molecule has 1 saturated heterocycles. The summed E-state index contributed by atoms with van der Waals surface area (Å²) in [7, 11) is 0. The third-order valence-electron chi connectivity index (χ3n) is 5.42. The predicted molar refractivity (Wildman–Crippen MR) is 118 cm³/mol. The van der Waals surface area contributed by atoms with E-state index in [1.54, 1.807) is 15.9 Å². The summed E-state index contributed by atoms with van der Waals surface area (Å²) in [5, 5.41) is 35.5. The minimum Gasteiger partial charge on any atom is -0.394 e. The van der Waals surface area contributed by atoms with Gasteiger partial charge in [0.05, 0.1) is 28.2 Å². The number of ether oxygens (including phenoxy) is 1. The van der Waals surface area contributed by atoms with Gasteiger partial charge in [-0.2, -0.15) is 0 Å². The van der Waals surface area contributed by atoms with Crippen LogP contribution in [0.4, 0.5) is 5.95 Å². The van der Waals surface area contributed by atoms with Crippen molar-refractivity contribution in [3.05, 3.63) is 65.7 Å². The third kappa shape index (κ3) is 3.71. The number of nitrogens with one attached hydrogen (secondary N) is 1.